The first-order valence-electron chi connectivity index (χ1n) is 9.65. The maximum atomic E-state index is 12.5. The molecule has 0 unspecified atom stereocenters. The van der Waals surface area contributed by atoms with Gasteiger partial charge in [0.25, 0.3) is 0 Å². The van der Waals surface area contributed by atoms with E-state index in [0.717, 1.165) is 38.5 Å². The lowest BCUT2D eigenvalue weighted by Crippen LogP contribution is -2.52. The average molecular weight is 341 g/mol. The first kappa shape index (κ1) is 20.9. The van der Waals surface area contributed by atoms with Gasteiger partial charge in [-0.15, -0.1) is 0 Å². The summed E-state index contributed by atoms with van der Waals surface area (Å²) in [7, 11) is 0. The van der Waals surface area contributed by atoms with Gasteiger partial charge < -0.3 is 15.4 Å². The number of rotatable bonds is 10. The van der Waals surface area contributed by atoms with Gasteiger partial charge in [0.05, 0.1) is 0 Å². The molecule has 0 bridgehead atoms. The summed E-state index contributed by atoms with van der Waals surface area (Å²) < 4.78 is 5.28. The van der Waals surface area contributed by atoms with Gasteiger partial charge in [0.15, 0.2) is 0 Å². The van der Waals surface area contributed by atoms with Crippen molar-refractivity contribution >= 4 is 11.8 Å². The Kier molecular flexibility index (Phi) is 9.99. The van der Waals surface area contributed by atoms with Crippen LogP contribution >= 0.6 is 0 Å². The highest BCUT2D eigenvalue weighted by atomic mass is 16.5. The summed E-state index contributed by atoms with van der Waals surface area (Å²) in [6, 6.07) is -0.436. The van der Waals surface area contributed by atoms with Crippen LogP contribution in [0.15, 0.2) is 0 Å². The lowest BCUT2D eigenvalue weighted by atomic mass is 9.82. The Labute approximate surface area is 147 Å². The number of carbonyl (C=O) groups excluding carboxylic acids is 2. The van der Waals surface area contributed by atoms with Crippen LogP contribution in [0.25, 0.3) is 0 Å². The van der Waals surface area contributed by atoms with Gasteiger partial charge in [-0.1, -0.05) is 27.2 Å². The van der Waals surface area contributed by atoms with Crippen LogP contribution in [-0.4, -0.2) is 37.6 Å². The third-order valence-corrected chi connectivity index (χ3v) is 5.15. The molecule has 1 rings (SSSR count). The minimum absolute atomic E-state index is 0.0525. The van der Waals surface area contributed by atoms with Crippen molar-refractivity contribution in [3.63, 3.8) is 0 Å². The topological polar surface area (TPSA) is 67.4 Å². The highest BCUT2D eigenvalue weighted by molar-refractivity contribution is 5.88. The summed E-state index contributed by atoms with van der Waals surface area (Å²) in [4.78, 5) is 25.0. The minimum atomic E-state index is -0.436. The van der Waals surface area contributed by atoms with Crippen LogP contribution < -0.4 is 10.6 Å². The average Bonchev–Trinajstić information content (AvgIpc) is 2.59. The molecule has 0 aliphatic heterocycles. The van der Waals surface area contributed by atoms with Crippen molar-refractivity contribution in [3.05, 3.63) is 0 Å². The third-order valence-electron chi connectivity index (χ3n) is 5.15. The Hall–Kier alpha value is -1.10. The highest BCUT2D eigenvalue weighted by Gasteiger charge is 2.30. The van der Waals surface area contributed by atoms with Gasteiger partial charge in [0, 0.05) is 25.7 Å². The standard InChI is InChI=1S/C19H36N2O3/c1-5-15(4)17(19(23)20-12-7-13-24-6-2)21-18(22)16-10-8-14(3)9-11-16/h14-17H,5-13H2,1-4H3,(H,20,23)(H,21,22)/t14?,15-,16?,17+/m1/s1. The van der Waals surface area contributed by atoms with E-state index in [2.05, 4.69) is 24.5 Å². The van der Waals surface area contributed by atoms with E-state index in [-0.39, 0.29) is 23.7 Å². The molecule has 0 heterocycles. The molecule has 1 saturated carbocycles. The van der Waals surface area contributed by atoms with Gasteiger partial charge in [0.1, 0.15) is 6.04 Å². The fourth-order valence-electron chi connectivity index (χ4n) is 3.14. The number of amides is 2. The summed E-state index contributed by atoms with van der Waals surface area (Å²) in [5, 5.41) is 5.96. The van der Waals surface area contributed by atoms with E-state index in [1.807, 2.05) is 13.8 Å². The zero-order valence-electron chi connectivity index (χ0n) is 15.9. The normalized spacial score (nSPS) is 23.3. The van der Waals surface area contributed by atoms with Gasteiger partial charge in [0.2, 0.25) is 11.8 Å². The maximum absolute atomic E-state index is 12.5. The Morgan fingerprint density at radius 3 is 2.42 bits per heavy atom. The second-order valence-electron chi connectivity index (χ2n) is 7.17. The summed E-state index contributed by atoms with van der Waals surface area (Å²) in [6.07, 6.45) is 5.75. The van der Waals surface area contributed by atoms with Gasteiger partial charge in [-0.05, 0) is 50.9 Å². The molecule has 0 saturated heterocycles. The Morgan fingerprint density at radius 1 is 1.17 bits per heavy atom. The van der Waals surface area contributed by atoms with E-state index in [4.69, 9.17) is 4.74 Å². The molecule has 0 radical (unpaired) electrons. The van der Waals surface area contributed by atoms with E-state index >= 15 is 0 Å². The van der Waals surface area contributed by atoms with Crippen LogP contribution in [0.5, 0.6) is 0 Å². The van der Waals surface area contributed by atoms with Crippen LogP contribution in [0.1, 0.15) is 66.2 Å². The van der Waals surface area contributed by atoms with Crippen molar-refractivity contribution in [1.29, 1.82) is 0 Å². The largest absolute Gasteiger partial charge is 0.382 e. The predicted octanol–water partition coefficient (Wildman–Crippen LogP) is 2.89. The quantitative estimate of drug-likeness (QED) is 0.601. The number of carbonyl (C=O) groups is 2. The number of hydrogen-bond acceptors (Lipinski definition) is 3. The Morgan fingerprint density at radius 2 is 1.83 bits per heavy atom. The summed E-state index contributed by atoms with van der Waals surface area (Å²) in [5.74, 6) is 0.893. The van der Waals surface area contributed by atoms with E-state index in [1.54, 1.807) is 0 Å². The lowest BCUT2D eigenvalue weighted by molar-refractivity contribution is -0.133. The number of hydrogen-bond donors (Lipinski definition) is 2. The molecular formula is C19H36N2O3. The van der Waals surface area contributed by atoms with Crippen molar-refractivity contribution in [2.45, 2.75) is 72.3 Å². The Balaban J connectivity index is 2.48. The monoisotopic (exact) mass is 340 g/mol. The predicted molar refractivity (Wildman–Crippen MR) is 96.6 cm³/mol. The van der Waals surface area contributed by atoms with E-state index in [1.165, 1.54) is 0 Å². The molecule has 5 nitrogen and oxygen atoms in total. The highest BCUT2D eigenvalue weighted by Crippen LogP contribution is 2.28. The summed E-state index contributed by atoms with van der Waals surface area (Å²) >= 11 is 0. The molecule has 1 fully saturated rings. The SMILES string of the molecule is CCOCCCNC(=O)[C@@H](NC(=O)C1CCC(C)CC1)[C@H](C)CC. The van der Waals surface area contributed by atoms with Crippen LogP contribution in [0.3, 0.4) is 0 Å². The molecule has 0 spiro atoms. The van der Waals surface area contributed by atoms with Crippen molar-refractivity contribution < 1.29 is 14.3 Å². The molecule has 2 atom stereocenters. The maximum Gasteiger partial charge on any atom is 0.242 e. The first-order valence-corrected chi connectivity index (χ1v) is 9.65. The van der Waals surface area contributed by atoms with E-state index in [0.29, 0.717) is 25.7 Å². The first-order chi connectivity index (χ1) is 11.5. The molecule has 0 aromatic carbocycles. The van der Waals surface area contributed by atoms with Crippen molar-refractivity contribution in [2.24, 2.45) is 17.8 Å². The molecule has 0 aromatic rings. The van der Waals surface area contributed by atoms with Crippen LogP contribution in [0.2, 0.25) is 0 Å². The van der Waals surface area contributed by atoms with Gasteiger partial charge in [-0.25, -0.2) is 0 Å². The summed E-state index contributed by atoms with van der Waals surface area (Å²) in [6.45, 7) is 10.2. The van der Waals surface area contributed by atoms with Crippen molar-refractivity contribution in [2.75, 3.05) is 19.8 Å². The van der Waals surface area contributed by atoms with Crippen molar-refractivity contribution in [1.82, 2.24) is 10.6 Å². The smallest absolute Gasteiger partial charge is 0.242 e. The van der Waals surface area contributed by atoms with Gasteiger partial charge in [-0.3, -0.25) is 9.59 Å². The van der Waals surface area contributed by atoms with E-state index in [9.17, 15) is 9.59 Å². The number of nitrogens with one attached hydrogen (secondary N) is 2. The fraction of sp³-hybridized carbons (Fsp3) is 0.895. The zero-order chi connectivity index (χ0) is 17.9. The second-order valence-corrected chi connectivity index (χ2v) is 7.17. The fourth-order valence-corrected chi connectivity index (χ4v) is 3.14. The van der Waals surface area contributed by atoms with Crippen LogP contribution in [-0.2, 0) is 14.3 Å². The molecule has 2 amide bonds. The molecule has 1 aliphatic rings. The molecule has 140 valence electrons. The molecule has 24 heavy (non-hydrogen) atoms. The molecular weight excluding hydrogens is 304 g/mol. The lowest BCUT2D eigenvalue weighted by Gasteiger charge is -2.29. The molecule has 2 N–H and O–H groups in total. The zero-order valence-corrected chi connectivity index (χ0v) is 15.9. The summed E-state index contributed by atoms with van der Waals surface area (Å²) in [5.41, 5.74) is 0. The third kappa shape index (κ3) is 7.20. The number of ether oxygens (including phenoxy) is 1. The van der Waals surface area contributed by atoms with Gasteiger partial charge >= 0.3 is 0 Å². The van der Waals surface area contributed by atoms with Gasteiger partial charge in [-0.2, -0.15) is 0 Å². The van der Waals surface area contributed by atoms with Crippen LogP contribution in [0.4, 0.5) is 0 Å². The molecule has 5 heteroatoms. The molecule has 0 aromatic heterocycles. The second kappa shape index (κ2) is 11.5. The minimum Gasteiger partial charge on any atom is -0.382 e. The van der Waals surface area contributed by atoms with E-state index < -0.39 is 6.04 Å². The van der Waals surface area contributed by atoms with Crippen molar-refractivity contribution in [3.8, 4) is 0 Å². The van der Waals surface area contributed by atoms with Crippen LogP contribution in [0, 0.1) is 17.8 Å². The molecule has 1 aliphatic carbocycles. The Bertz CT molecular complexity index is 379.